The first-order valence-corrected chi connectivity index (χ1v) is 4.95. The van der Waals surface area contributed by atoms with Crippen molar-refractivity contribution in [3.63, 3.8) is 0 Å². The summed E-state index contributed by atoms with van der Waals surface area (Å²) in [5, 5.41) is 12.3. The van der Waals surface area contributed by atoms with Crippen LogP contribution in [-0.2, 0) is 4.79 Å². The van der Waals surface area contributed by atoms with Gasteiger partial charge in [0.05, 0.1) is 0 Å². The molecule has 0 bridgehead atoms. The minimum atomic E-state index is -0.979. The van der Waals surface area contributed by atoms with Crippen molar-refractivity contribution >= 4 is 23.3 Å². The van der Waals surface area contributed by atoms with Crippen LogP contribution in [0, 0.1) is 0 Å². The van der Waals surface area contributed by atoms with Gasteiger partial charge in [-0.1, -0.05) is 11.6 Å². The van der Waals surface area contributed by atoms with E-state index in [0.29, 0.717) is 18.0 Å². The Hall–Kier alpha value is -1.26. The van der Waals surface area contributed by atoms with Gasteiger partial charge < -0.3 is 16.2 Å². The molecule has 0 fully saturated rings. The molecule has 4 N–H and O–H groups in total. The Bertz CT molecular complexity index is 327. The summed E-state index contributed by atoms with van der Waals surface area (Å²) in [6.45, 7) is 0.523. The Morgan fingerprint density at radius 1 is 1.47 bits per heavy atom. The number of aliphatic carboxylic acids is 1. The summed E-state index contributed by atoms with van der Waals surface area (Å²) in [5.74, 6) is -0.979. The summed E-state index contributed by atoms with van der Waals surface area (Å²) in [7, 11) is 0. The highest BCUT2D eigenvalue weighted by Crippen LogP contribution is 2.13. The van der Waals surface area contributed by atoms with Gasteiger partial charge >= 0.3 is 5.97 Å². The molecule has 0 saturated carbocycles. The van der Waals surface area contributed by atoms with E-state index >= 15 is 0 Å². The van der Waals surface area contributed by atoms with Gasteiger partial charge in [0.2, 0.25) is 0 Å². The maximum atomic E-state index is 10.4. The molecule has 4 nitrogen and oxygen atoms in total. The van der Waals surface area contributed by atoms with Gasteiger partial charge in [0.1, 0.15) is 6.04 Å². The molecule has 5 heteroatoms. The van der Waals surface area contributed by atoms with Crippen LogP contribution in [0.15, 0.2) is 24.3 Å². The number of benzene rings is 1. The standard InChI is InChI=1S/C10H13ClN2O2/c11-7-1-3-8(4-2-7)13-6-5-9(12)10(14)15/h1-4,9,13H,5-6,12H2,(H,14,15). The van der Waals surface area contributed by atoms with Crippen molar-refractivity contribution in [2.75, 3.05) is 11.9 Å². The predicted molar refractivity (Wildman–Crippen MR) is 60.2 cm³/mol. The van der Waals surface area contributed by atoms with E-state index in [9.17, 15) is 4.79 Å². The van der Waals surface area contributed by atoms with E-state index in [1.165, 1.54) is 0 Å². The molecular formula is C10H13ClN2O2. The van der Waals surface area contributed by atoms with Gasteiger partial charge in [-0.25, -0.2) is 0 Å². The number of carbonyl (C=O) groups is 1. The molecule has 1 unspecified atom stereocenters. The summed E-state index contributed by atoms with van der Waals surface area (Å²) in [5.41, 5.74) is 6.24. The highest BCUT2D eigenvalue weighted by Gasteiger charge is 2.09. The van der Waals surface area contributed by atoms with Crippen LogP contribution in [0.2, 0.25) is 5.02 Å². The number of carboxylic acids is 1. The fourth-order valence-electron chi connectivity index (χ4n) is 1.06. The second-order valence-electron chi connectivity index (χ2n) is 3.17. The highest BCUT2D eigenvalue weighted by atomic mass is 35.5. The number of rotatable bonds is 5. The lowest BCUT2D eigenvalue weighted by atomic mass is 10.2. The Balaban J connectivity index is 2.32. The minimum absolute atomic E-state index is 0.387. The average Bonchev–Trinajstić information content (AvgIpc) is 2.20. The quantitative estimate of drug-likeness (QED) is 0.715. The summed E-state index contributed by atoms with van der Waals surface area (Å²) in [6.07, 6.45) is 0.387. The van der Waals surface area contributed by atoms with E-state index in [-0.39, 0.29) is 0 Å². The van der Waals surface area contributed by atoms with Gasteiger partial charge in [-0.05, 0) is 30.7 Å². The van der Waals surface area contributed by atoms with Gasteiger partial charge in [-0.2, -0.15) is 0 Å². The predicted octanol–water partition coefficient (Wildman–Crippen LogP) is 1.55. The Morgan fingerprint density at radius 3 is 2.60 bits per heavy atom. The molecule has 1 aromatic rings. The van der Waals surface area contributed by atoms with Crippen LogP contribution in [0.4, 0.5) is 5.69 Å². The Labute approximate surface area is 93.0 Å². The van der Waals surface area contributed by atoms with E-state index in [0.717, 1.165) is 5.69 Å². The Morgan fingerprint density at radius 2 is 2.07 bits per heavy atom. The van der Waals surface area contributed by atoms with Gasteiger partial charge in [0, 0.05) is 17.3 Å². The first-order valence-electron chi connectivity index (χ1n) is 4.57. The molecule has 0 aromatic heterocycles. The summed E-state index contributed by atoms with van der Waals surface area (Å²) < 4.78 is 0. The maximum Gasteiger partial charge on any atom is 0.320 e. The molecule has 1 atom stereocenters. The number of carboxylic acid groups (broad SMARTS) is 1. The van der Waals surface area contributed by atoms with E-state index < -0.39 is 12.0 Å². The summed E-state index contributed by atoms with van der Waals surface area (Å²) >= 11 is 5.71. The largest absolute Gasteiger partial charge is 0.480 e. The van der Waals surface area contributed by atoms with E-state index in [4.69, 9.17) is 22.4 Å². The molecular weight excluding hydrogens is 216 g/mol. The van der Waals surface area contributed by atoms with Crippen molar-refractivity contribution in [3.8, 4) is 0 Å². The van der Waals surface area contributed by atoms with Gasteiger partial charge in [-0.15, -0.1) is 0 Å². The topological polar surface area (TPSA) is 75.3 Å². The monoisotopic (exact) mass is 228 g/mol. The molecule has 1 aromatic carbocycles. The maximum absolute atomic E-state index is 10.4. The molecule has 0 heterocycles. The van der Waals surface area contributed by atoms with Crippen molar-refractivity contribution in [2.45, 2.75) is 12.5 Å². The van der Waals surface area contributed by atoms with Gasteiger partial charge in [-0.3, -0.25) is 4.79 Å². The highest BCUT2D eigenvalue weighted by molar-refractivity contribution is 6.30. The zero-order valence-corrected chi connectivity index (χ0v) is 8.87. The van der Waals surface area contributed by atoms with Crippen molar-refractivity contribution < 1.29 is 9.90 Å². The number of nitrogens with one attached hydrogen (secondary N) is 1. The Kier molecular flexibility index (Phi) is 4.39. The molecule has 82 valence electrons. The molecule has 0 aliphatic heterocycles. The minimum Gasteiger partial charge on any atom is -0.480 e. The molecule has 0 aliphatic rings. The van der Waals surface area contributed by atoms with Crippen LogP contribution < -0.4 is 11.1 Å². The van der Waals surface area contributed by atoms with Gasteiger partial charge in [0.25, 0.3) is 0 Å². The number of hydrogen-bond acceptors (Lipinski definition) is 3. The van der Waals surface area contributed by atoms with Gasteiger partial charge in [0.15, 0.2) is 0 Å². The third-order valence-corrected chi connectivity index (χ3v) is 2.20. The normalized spacial score (nSPS) is 12.1. The molecule has 0 amide bonds. The fraction of sp³-hybridized carbons (Fsp3) is 0.300. The van der Waals surface area contributed by atoms with Crippen molar-refractivity contribution in [3.05, 3.63) is 29.3 Å². The number of hydrogen-bond donors (Lipinski definition) is 3. The van der Waals surface area contributed by atoms with Crippen LogP contribution >= 0.6 is 11.6 Å². The SMILES string of the molecule is NC(CCNc1ccc(Cl)cc1)C(=O)O. The fourth-order valence-corrected chi connectivity index (χ4v) is 1.19. The van der Waals surface area contributed by atoms with Crippen molar-refractivity contribution in [1.82, 2.24) is 0 Å². The molecule has 0 saturated heterocycles. The third kappa shape index (κ3) is 4.18. The van der Waals surface area contributed by atoms with Crippen molar-refractivity contribution in [1.29, 1.82) is 0 Å². The van der Waals surface area contributed by atoms with Crippen LogP contribution in [0.3, 0.4) is 0 Å². The van der Waals surface area contributed by atoms with Crippen LogP contribution in [0.1, 0.15) is 6.42 Å². The second-order valence-corrected chi connectivity index (χ2v) is 3.60. The second kappa shape index (κ2) is 5.58. The van der Waals surface area contributed by atoms with Crippen molar-refractivity contribution in [2.24, 2.45) is 5.73 Å². The zero-order chi connectivity index (χ0) is 11.3. The molecule has 1 rings (SSSR count). The zero-order valence-electron chi connectivity index (χ0n) is 8.11. The third-order valence-electron chi connectivity index (χ3n) is 1.95. The number of nitrogens with two attached hydrogens (primary N) is 1. The lowest BCUT2D eigenvalue weighted by Crippen LogP contribution is -2.32. The summed E-state index contributed by atoms with van der Waals surface area (Å²) in [6, 6.07) is 6.37. The summed E-state index contributed by atoms with van der Waals surface area (Å²) in [4.78, 5) is 10.4. The van der Waals surface area contributed by atoms with Crippen LogP contribution in [0.5, 0.6) is 0 Å². The number of halogens is 1. The van der Waals surface area contributed by atoms with Crippen LogP contribution in [0.25, 0.3) is 0 Å². The average molecular weight is 229 g/mol. The van der Waals surface area contributed by atoms with E-state index in [1.807, 2.05) is 12.1 Å². The first kappa shape index (κ1) is 11.8. The van der Waals surface area contributed by atoms with Crippen LogP contribution in [-0.4, -0.2) is 23.7 Å². The first-order chi connectivity index (χ1) is 7.09. The smallest absolute Gasteiger partial charge is 0.320 e. The number of anilines is 1. The van der Waals surface area contributed by atoms with E-state index in [1.54, 1.807) is 12.1 Å². The molecule has 15 heavy (non-hydrogen) atoms. The lowest BCUT2D eigenvalue weighted by Gasteiger charge is -2.08. The molecule has 0 spiro atoms. The lowest BCUT2D eigenvalue weighted by molar-refractivity contribution is -0.138. The molecule has 0 radical (unpaired) electrons. The van der Waals surface area contributed by atoms with E-state index in [2.05, 4.69) is 5.32 Å². The molecule has 0 aliphatic carbocycles.